The summed E-state index contributed by atoms with van der Waals surface area (Å²) in [6, 6.07) is 9.68. The molecule has 0 radical (unpaired) electrons. The molecule has 1 atom stereocenters. The number of pyridine rings is 1. The topological polar surface area (TPSA) is 42.4 Å². The van der Waals surface area contributed by atoms with E-state index in [9.17, 15) is 18.3 Å². The number of benzene rings is 1. The van der Waals surface area contributed by atoms with E-state index in [1.807, 2.05) is 0 Å². The van der Waals surface area contributed by atoms with E-state index >= 15 is 0 Å². The second-order valence-electron chi connectivity index (χ2n) is 4.52. The molecule has 0 aliphatic carbocycles. The predicted molar refractivity (Wildman–Crippen MR) is 70.9 cm³/mol. The molecule has 0 bridgehead atoms. The standard InChI is InChI=1S/C15H14F3NO2/c1-21-14-4-2-3-12(19-14)13(20)9-10-5-7-11(8-6-10)15(16,17)18/h2-8,13,20H,9H2,1H3. The highest BCUT2D eigenvalue weighted by molar-refractivity contribution is 5.26. The zero-order chi connectivity index (χ0) is 15.5. The second-order valence-corrected chi connectivity index (χ2v) is 4.52. The van der Waals surface area contributed by atoms with Crippen molar-refractivity contribution in [2.75, 3.05) is 7.11 Å². The fourth-order valence-corrected chi connectivity index (χ4v) is 1.89. The highest BCUT2D eigenvalue weighted by Crippen LogP contribution is 2.29. The van der Waals surface area contributed by atoms with Crippen LogP contribution < -0.4 is 4.74 Å². The predicted octanol–water partition coefficient (Wildman–Crippen LogP) is 3.39. The molecule has 112 valence electrons. The number of aromatic nitrogens is 1. The fourth-order valence-electron chi connectivity index (χ4n) is 1.89. The molecular formula is C15H14F3NO2. The lowest BCUT2D eigenvalue weighted by Gasteiger charge is -2.12. The van der Waals surface area contributed by atoms with Gasteiger partial charge in [-0.25, -0.2) is 4.98 Å². The number of aliphatic hydroxyl groups is 1. The van der Waals surface area contributed by atoms with Crippen LogP contribution in [0, 0.1) is 0 Å². The summed E-state index contributed by atoms with van der Waals surface area (Å²) in [5.41, 5.74) is 0.301. The molecule has 0 saturated heterocycles. The summed E-state index contributed by atoms with van der Waals surface area (Å²) in [5, 5.41) is 10.1. The molecule has 0 amide bonds. The number of hydrogen-bond acceptors (Lipinski definition) is 3. The second kappa shape index (κ2) is 6.13. The monoisotopic (exact) mass is 297 g/mol. The van der Waals surface area contributed by atoms with Crippen LogP contribution in [0.5, 0.6) is 5.88 Å². The molecule has 1 N–H and O–H groups in total. The van der Waals surface area contributed by atoms with E-state index in [1.54, 1.807) is 18.2 Å². The van der Waals surface area contributed by atoms with E-state index in [0.29, 0.717) is 17.1 Å². The number of hydrogen-bond donors (Lipinski definition) is 1. The Morgan fingerprint density at radius 3 is 2.38 bits per heavy atom. The summed E-state index contributed by atoms with van der Waals surface area (Å²) in [6.07, 6.45) is -5.08. The first-order valence-corrected chi connectivity index (χ1v) is 6.25. The minimum absolute atomic E-state index is 0.179. The van der Waals surface area contributed by atoms with E-state index in [2.05, 4.69) is 4.98 Å². The zero-order valence-electron chi connectivity index (χ0n) is 11.3. The van der Waals surface area contributed by atoms with Gasteiger partial charge in [0.2, 0.25) is 5.88 Å². The third kappa shape index (κ3) is 3.95. The van der Waals surface area contributed by atoms with Crippen LogP contribution in [0.3, 0.4) is 0 Å². The van der Waals surface area contributed by atoms with Crippen molar-refractivity contribution in [3.8, 4) is 5.88 Å². The van der Waals surface area contributed by atoms with E-state index in [1.165, 1.54) is 19.2 Å². The third-order valence-corrected chi connectivity index (χ3v) is 3.01. The van der Waals surface area contributed by atoms with Gasteiger partial charge in [0.1, 0.15) is 6.10 Å². The Bertz CT molecular complexity index is 597. The molecule has 0 saturated carbocycles. The number of aliphatic hydroxyl groups excluding tert-OH is 1. The molecule has 2 rings (SSSR count). The number of alkyl halides is 3. The van der Waals surface area contributed by atoms with Gasteiger partial charge in [-0.2, -0.15) is 13.2 Å². The van der Waals surface area contributed by atoms with Gasteiger partial charge in [-0.3, -0.25) is 0 Å². The minimum Gasteiger partial charge on any atom is -0.481 e. The van der Waals surface area contributed by atoms with Gasteiger partial charge in [-0.05, 0) is 23.8 Å². The van der Waals surface area contributed by atoms with Crippen LogP contribution in [0.2, 0.25) is 0 Å². The molecule has 21 heavy (non-hydrogen) atoms. The molecule has 0 aliphatic heterocycles. The lowest BCUT2D eigenvalue weighted by Crippen LogP contribution is -2.07. The van der Waals surface area contributed by atoms with Crippen LogP contribution in [0.25, 0.3) is 0 Å². The number of nitrogens with zero attached hydrogens (tertiary/aromatic N) is 1. The van der Waals surface area contributed by atoms with Gasteiger partial charge in [0.25, 0.3) is 0 Å². The first-order valence-electron chi connectivity index (χ1n) is 6.25. The quantitative estimate of drug-likeness (QED) is 0.940. The fraction of sp³-hybridized carbons (Fsp3) is 0.267. The van der Waals surface area contributed by atoms with Gasteiger partial charge in [-0.15, -0.1) is 0 Å². The van der Waals surface area contributed by atoms with Gasteiger partial charge in [-0.1, -0.05) is 18.2 Å². The van der Waals surface area contributed by atoms with Gasteiger partial charge < -0.3 is 9.84 Å². The van der Waals surface area contributed by atoms with Crippen LogP contribution in [0.4, 0.5) is 13.2 Å². The zero-order valence-corrected chi connectivity index (χ0v) is 11.3. The van der Waals surface area contributed by atoms with E-state index in [-0.39, 0.29) is 6.42 Å². The highest BCUT2D eigenvalue weighted by Gasteiger charge is 2.30. The molecule has 1 heterocycles. The van der Waals surface area contributed by atoms with Crippen LogP contribution in [0.15, 0.2) is 42.5 Å². The largest absolute Gasteiger partial charge is 0.481 e. The molecule has 3 nitrogen and oxygen atoms in total. The first-order chi connectivity index (χ1) is 9.90. The Morgan fingerprint density at radius 2 is 1.81 bits per heavy atom. The van der Waals surface area contributed by atoms with Crippen molar-refractivity contribution in [2.45, 2.75) is 18.7 Å². The molecule has 6 heteroatoms. The van der Waals surface area contributed by atoms with Crippen LogP contribution in [0.1, 0.15) is 22.9 Å². The van der Waals surface area contributed by atoms with Crippen LogP contribution in [-0.2, 0) is 12.6 Å². The molecule has 0 aliphatic rings. The molecule has 1 unspecified atom stereocenters. The molecule has 1 aromatic heterocycles. The SMILES string of the molecule is COc1cccc(C(O)Cc2ccc(C(F)(F)F)cc2)n1. The molecule has 0 fully saturated rings. The van der Waals surface area contributed by atoms with E-state index in [0.717, 1.165) is 12.1 Å². The maximum absolute atomic E-state index is 12.5. The number of methoxy groups -OCH3 is 1. The van der Waals surface area contributed by atoms with Crippen molar-refractivity contribution < 1.29 is 23.0 Å². The summed E-state index contributed by atoms with van der Waals surface area (Å²) in [7, 11) is 1.47. The highest BCUT2D eigenvalue weighted by atomic mass is 19.4. The van der Waals surface area contributed by atoms with Crippen LogP contribution in [-0.4, -0.2) is 17.2 Å². The number of halogens is 3. The Hall–Kier alpha value is -2.08. The summed E-state index contributed by atoms with van der Waals surface area (Å²) in [6.45, 7) is 0. The maximum Gasteiger partial charge on any atom is 0.416 e. The Labute approximate surface area is 120 Å². The van der Waals surface area contributed by atoms with Gasteiger partial charge in [0, 0.05) is 12.5 Å². The van der Waals surface area contributed by atoms with Gasteiger partial charge >= 0.3 is 6.18 Å². The van der Waals surface area contributed by atoms with E-state index < -0.39 is 17.8 Å². The normalized spacial score (nSPS) is 13.0. The summed E-state index contributed by atoms with van der Waals surface area (Å²) < 4.78 is 42.3. The van der Waals surface area contributed by atoms with Gasteiger partial charge in [0.15, 0.2) is 0 Å². The minimum atomic E-state index is -4.36. The van der Waals surface area contributed by atoms with Crippen molar-refractivity contribution in [3.63, 3.8) is 0 Å². The molecule has 0 spiro atoms. The van der Waals surface area contributed by atoms with Gasteiger partial charge in [0.05, 0.1) is 18.4 Å². The Morgan fingerprint density at radius 1 is 1.14 bits per heavy atom. The maximum atomic E-state index is 12.5. The summed E-state index contributed by atoms with van der Waals surface area (Å²) in [4.78, 5) is 4.09. The summed E-state index contributed by atoms with van der Waals surface area (Å²) in [5.74, 6) is 0.374. The lowest BCUT2D eigenvalue weighted by molar-refractivity contribution is -0.137. The van der Waals surface area contributed by atoms with Crippen molar-refractivity contribution in [3.05, 3.63) is 59.3 Å². The van der Waals surface area contributed by atoms with E-state index in [4.69, 9.17) is 4.74 Å². The molecule has 2 aromatic rings. The number of ether oxygens (including phenoxy) is 1. The Kier molecular flexibility index (Phi) is 4.47. The average Bonchev–Trinajstić information content (AvgIpc) is 2.47. The van der Waals surface area contributed by atoms with Crippen molar-refractivity contribution in [2.24, 2.45) is 0 Å². The number of rotatable bonds is 4. The first kappa shape index (κ1) is 15.3. The lowest BCUT2D eigenvalue weighted by atomic mass is 10.0. The molecular weight excluding hydrogens is 283 g/mol. The average molecular weight is 297 g/mol. The summed E-state index contributed by atoms with van der Waals surface area (Å²) >= 11 is 0. The van der Waals surface area contributed by atoms with Crippen LogP contribution >= 0.6 is 0 Å². The van der Waals surface area contributed by atoms with Crippen molar-refractivity contribution in [1.29, 1.82) is 0 Å². The Balaban J connectivity index is 2.10. The van der Waals surface area contributed by atoms with Crippen molar-refractivity contribution >= 4 is 0 Å². The smallest absolute Gasteiger partial charge is 0.416 e. The van der Waals surface area contributed by atoms with Crippen molar-refractivity contribution in [1.82, 2.24) is 4.98 Å². The third-order valence-electron chi connectivity index (χ3n) is 3.01. The molecule has 1 aromatic carbocycles.